The SMILES string of the molecule is C=C(C)C(=O)OC.CC(O)(C1CC2CCC1C2)C(F)(F)F. The number of carbonyl (C=O) groups excluding carboxylic acids is 1. The van der Waals surface area contributed by atoms with Crippen molar-refractivity contribution in [3.63, 3.8) is 0 Å². The number of ether oxygens (including phenoxy) is 1. The van der Waals surface area contributed by atoms with Crippen molar-refractivity contribution in [2.75, 3.05) is 7.11 Å². The van der Waals surface area contributed by atoms with Crippen LogP contribution in [0, 0.1) is 17.8 Å². The molecule has 0 spiro atoms. The van der Waals surface area contributed by atoms with E-state index in [1.54, 1.807) is 6.92 Å². The maximum absolute atomic E-state index is 12.6. The predicted octanol–water partition coefficient (Wildman–Crippen LogP) is 3.47. The summed E-state index contributed by atoms with van der Waals surface area (Å²) in [6, 6.07) is 0. The van der Waals surface area contributed by atoms with Crippen molar-refractivity contribution in [2.24, 2.45) is 17.8 Å². The maximum Gasteiger partial charge on any atom is 0.417 e. The van der Waals surface area contributed by atoms with Crippen molar-refractivity contribution < 1.29 is 27.8 Å². The first-order valence-electron chi connectivity index (χ1n) is 7.03. The second kappa shape index (κ2) is 6.38. The number of rotatable bonds is 2. The van der Waals surface area contributed by atoms with Gasteiger partial charge in [-0.25, -0.2) is 4.79 Å². The Hall–Kier alpha value is -1.04. The summed E-state index contributed by atoms with van der Waals surface area (Å²) in [5, 5.41) is 9.55. The van der Waals surface area contributed by atoms with Crippen molar-refractivity contribution >= 4 is 5.97 Å². The lowest BCUT2D eigenvalue weighted by molar-refractivity contribution is -0.277. The number of methoxy groups -OCH3 is 1. The van der Waals surface area contributed by atoms with Crippen LogP contribution < -0.4 is 0 Å². The van der Waals surface area contributed by atoms with E-state index in [1.807, 2.05) is 0 Å². The average Bonchev–Trinajstić information content (AvgIpc) is 2.99. The number of alkyl halides is 3. The minimum absolute atomic E-state index is 0.0941. The van der Waals surface area contributed by atoms with Gasteiger partial charge in [0.1, 0.15) is 0 Å². The predicted molar refractivity (Wildman–Crippen MR) is 72.4 cm³/mol. The molecule has 2 rings (SSSR count). The van der Waals surface area contributed by atoms with Crippen LogP contribution in [0.2, 0.25) is 0 Å². The second-order valence-electron chi connectivity index (χ2n) is 6.20. The third-order valence-electron chi connectivity index (χ3n) is 4.57. The van der Waals surface area contributed by atoms with Crippen molar-refractivity contribution in [1.82, 2.24) is 0 Å². The topological polar surface area (TPSA) is 46.5 Å². The highest BCUT2D eigenvalue weighted by Crippen LogP contribution is 2.55. The first kappa shape index (κ1) is 18.0. The van der Waals surface area contributed by atoms with Crippen LogP contribution in [0.3, 0.4) is 0 Å². The molecule has 2 aliphatic carbocycles. The molecule has 4 atom stereocenters. The molecule has 0 aromatic carbocycles. The normalized spacial score (nSPS) is 30.1. The van der Waals surface area contributed by atoms with Crippen LogP contribution in [-0.4, -0.2) is 30.0 Å². The Labute approximate surface area is 123 Å². The molecule has 0 saturated heterocycles. The Bertz CT molecular complexity index is 401. The fourth-order valence-corrected chi connectivity index (χ4v) is 3.32. The largest absolute Gasteiger partial charge is 0.466 e. The van der Waals surface area contributed by atoms with Gasteiger partial charge in [0.15, 0.2) is 5.60 Å². The van der Waals surface area contributed by atoms with E-state index in [0.717, 1.165) is 26.2 Å². The molecule has 0 amide bonds. The molecule has 21 heavy (non-hydrogen) atoms. The van der Waals surface area contributed by atoms with E-state index >= 15 is 0 Å². The third kappa shape index (κ3) is 3.99. The maximum atomic E-state index is 12.6. The van der Waals surface area contributed by atoms with Crippen LogP contribution >= 0.6 is 0 Å². The zero-order valence-corrected chi connectivity index (χ0v) is 12.7. The van der Waals surface area contributed by atoms with Gasteiger partial charge in [-0.1, -0.05) is 13.0 Å². The molecule has 0 aliphatic heterocycles. The average molecular weight is 308 g/mol. The highest BCUT2D eigenvalue weighted by molar-refractivity contribution is 5.86. The Kier molecular flexibility index (Phi) is 5.47. The molecule has 3 nitrogen and oxygen atoms in total. The van der Waals surface area contributed by atoms with E-state index in [1.165, 1.54) is 7.11 Å². The van der Waals surface area contributed by atoms with Gasteiger partial charge in [-0.2, -0.15) is 13.2 Å². The quantitative estimate of drug-likeness (QED) is 0.627. The second-order valence-corrected chi connectivity index (χ2v) is 6.20. The molecule has 2 saturated carbocycles. The summed E-state index contributed by atoms with van der Waals surface area (Å²) >= 11 is 0. The van der Waals surface area contributed by atoms with E-state index in [-0.39, 0.29) is 11.9 Å². The minimum Gasteiger partial charge on any atom is -0.466 e. The summed E-state index contributed by atoms with van der Waals surface area (Å²) in [5.74, 6) is -0.392. The number of esters is 1. The number of aliphatic hydroxyl groups is 1. The van der Waals surface area contributed by atoms with E-state index in [9.17, 15) is 23.1 Å². The number of hydrogen-bond acceptors (Lipinski definition) is 3. The molecular formula is C15H23F3O3. The molecule has 2 fully saturated rings. The molecule has 6 heteroatoms. The molecule has 122 valence electrons. The van der Waals surface area contributed by atoms with Gasteiger partial charge in [0, 0.05) is 5.57 Å². The zero-order chi connectivity index (χ0) is 16.4. The summed E-state index contributed by atoms with van der Waals surface area (Å²) in [4.78, 5) is 10.2. The summed E-state index contributed by atoms with van der Waals surface area (Å²) in [6.07, 6.45) is -1.13. The molecular weight excluding hydrogens is 285 g/mol. The third-order valence-corrected chi connectivity index (χ3v) is 4.57. The standard InChI is InChI=1S/C10H15F3O.C5H8O2/c1-9(14,10(11,12)13)8-5-6-2-3-7(8)4-6;1-4(2)5(6)7-3/h6-8,14H,2-5H2,1H3;1H2,2-3H3. The van der Waals surface area contributed by atoms with Crippen molar-refractivity contribution in [3.8, 4) is 0 Å². The molecule has 0 aromatic heterocycles. The zero-order valence-electron chi connectivity index (χ0n) is 12.7. The van der Waals surface area contributed by atoms with Gasteiger partial charge in [0.05, 0.1) is 7.11 Å². The van der Waals surface area contributed by atoms with Gasteiger partial charge in [0.2, 0.25) is 0 Å². The number of carbonyl (C=O) groups is 1. The van der Waals surface area contributed by atoms with E-state index in [4.69, 9.17) is 0 Å². The first-order chi connectivity index (χ1) is 9.50. The molecule has 2 aliphatic rings. The van der Waals surface area contributed by atoms with E-state index < -0.39 is 17.7 Å². The van der Waals surface area contributed by atoms with Gasteiger partial charge < -0.3 is 9.84 Å². The Morgan fingerprint density at radius 3 is 2.10 bits per heavy atom. The van der Waals surface area contributed by atoms with Crippen LogP contribution in [0.4, 0.5) is 13.2 Å². The van der Waals surface area contributed by atoms with E-state index in [2.05, 4.69) is 11.3 Å². The fourth-order valence-electron chi connectivity index (χ4n) is 3.32. The van der Waals surface area contributed by atoms with Gasteiger partial charge in [-0.05, 0) is 50.9 Å². The van der Waals surface area contributed by atoms with Crippen molar-refractivity contribution in [1.29, 1.82) is 0 Å². The van der Waals surface area contributed by atoms with Crippen molar-refractivity contribution in [3.05, 3.63) is 12.2 Å². The summed E-state index contributed by atoms with van der Waals surface area (Å²) in [5.41, 5.74) is -2.05. The van der Waals surface area contributed by atoms with Gasteiger partial charge >= 0.3 is 12.1 Å². The summed E-state index contributed by atoms with van der Waals surface area (Å²) in [6.45, 7) is 5.88. The smallest absolute Gasteiger partial charge is 0.417 e. The van der Waals surface area contributed by atoms with Gasteiger partial charge in [0.25, 0.3) is 0 Å². The molecule has 0 radical (unpaired) electrons. The molecule has 0 aromatic rings. The van der Waals surface area contributed by atoms with Gasteiger partial charge in [-0.3, -0.25) is 0 Å². The van der Waals surface area contributed by atoms with Crippen molar-refractivity contribution in [2.45, 2.75) is 51.3 Å². The lowest BCUT2D eigenvalue weighted by Gasteiger charge is -2.37. The number of hydrogen-bond donors (Lipinski definition) is 1. The van der Waals surface area contributed by atoms with Crippen LogP contribution in [0.1, 0.15) is 39.5 Å². The van der Waals surface area contributed by atoms with Crippen LogP contribution in [0.15, 0.2) is 12.2 Å². The van der Waals surface area contributed by atoms with Gasteiger partial charge in [-0.15, -0.1) is 0 Å². The van der Waals surface area contributed by atoms with E-state index in [0.29, 0.717) is 17.9 Å². The van der Waals surface area contributed by atoms with Crippen LogP contribution in [0.25, 0.3) is 0 Å². The number of halogens is 3. The molecule has 1 N–H and O–H groups in total. The Balaban J connectivity index is 0.000000270. The first-order valence-corrected chi connectivity index (χ1v) is 7.03. The Morgan fingerprint density at radius 2 is 1.86 bits per heavy atom. The summed E-state index contributed by atoms with van der Waals surface area (Å²) in [7, 11) is 1.33. The molecule has 0 heterocycles. The minimum atomic E-state index is -4.48. The lowest BCUT2D eigenvalue weighted by Crippen LogP contribution is -2.50. The van der Waals surface area contributed by atoms with Crippen LogP contribution in [-0.2, 0) is 9.53 Å². The lowest BCUT2D eigenvalue weighted by atomic mass is 9.77. The molecule has 2 bridgehead atoms. The fraction of sp³-hybridized carbons (Fsp3) is 0.800. The number of fused-ring (bicyclic) bond motifs is 2. The highest BCUT2D eigenvalue weighted by atomic mass is 19.4. The molecule has 4 unspecified atom stereocenters. The Morgan fingerprint density at radius 1 is 1.29 bits per heavy atom. The summed E-state index contributed by atoms with van der Waals surface area (Å²) < 4.78 is 42.0. The van der Waals surface area contributed by atoms with Crippen LogP contribution in [0.5, 0.6) is 0 Å². The monoisotopic (exact) mass is 308 g/mol. The highest BCUT2D eigenvalue weighted by Gasteiger charge is 2.59.